The van der Waals surface area contributed by atoms with E-state index in [0.29, 0.717) is 33.5 Å². The van der Waals surface area contributed by atoms with Crippen LogP contribution in [0.4, 0.5) is 17.3 Å². The van der Waals surface area contributed by atoms with Crippen LogP contribution in [0.1, 0.15) is 15.9 Å². The third-order valence-corrected chi connectivity index (χ3v) is 5.75. The van der Waals surface area contributed by atoms with Gasteiger partial charge in [0.15, 0.2) is 5.82 Å². The molecule has 0 spiro atoms. The third kappa shape index (κ3) is 5.10. The van der Waals surface area contributed by atoms with Crippen LogP contribution < -0.4 is 15.8 Å². The van der Waals surface area contributed by atoms with Gasteiger partial charge in [-0.05, 0) is 29.8 Å². The molecule has 0 fully saturated rings. The summed E-state index contributed by atoms with van der Waals surface area (Å²) >= 11 is 5.88. The van der Waals surface area contributed by atoms with Gasteiger partial charge in [0, 0.05) is 28.7 Å². The zero-order chi connectivity index (χ0) is 22.5. The highest BCUT2D eigenvalue weighted by Crippen LogP contribution is 2.29. The van der Waals surface area contributed by atoms with Gasteiger partial charge in [0.2, 0.25) is 0 Å². The number of nitrogens with zero attached hydrogens (tertiary/aromatic N) is 3. The van der Waals surface area contributed by atoms with Gasteiger partial charge in [0.1, 0.15) is 22.4 Å². The Morgan fingerprint density at radius 3 is 2.50 bits per heavy atom. The van der Waals surface area contributed by atoms with E-state index >= 15 is 0 Å². The summed E-state index contributed by atoms with van der Waals surface area (Å²) in [4.78, 5) is 20.2. The highest BCUT2D eigenvalue weighted by molar-refractivity contribution is 7.85. The van der Waals surface area contributed by atoms with Crippen LogP contribution in [0.3, 0.4) is 0 Å². The van der Waals surface area contributed by atoms with Crippen molar-refractivity contribution in [1.29, 1.82) is 0 Å². The van der Waals surface area contributed by atoms with Gasteiger partial charge in [-0.2, -0.15) is 5.10 Å². The van der Waals surface area contributed by atoms with E-state index in [0.717, 1.165) is 5.56 Å². The molecule has 0 aliphatic carbocycles. The smallest absolute Gasteiger partial charge is 0.254 e. The van der Waals surface area contributed by atoms with Gasteiger partial charge < -0.3 is 15.8 Å². The Morgan fingerprint density at radius 1 is 1.09 bits per heavy atom. The molecule has 2 aromatic heterocycles. The van der Waals surface area contributed by atoms with Crippen molar-refractivity contribution in [3.8, 4) is 11.3 Å². The van der Waals surface area contributed by atoms with Crippen LogP contribution in [-0.4, -0.2) is 30.3 Å². The quantitative estimate of drug-likeness (QED) is 0.312. The van der Waals surface area contributed by atoms with Crippen molar-refractivity contribution < 1.29 is 9.00 Å². The normalized spacial score (nSPS) is 11.7. The van der Waals surface area contributed by atoms with Crippen LogP contribution in [-0.2, 0) is 16.7 Å². The summed E-state index contributed by atoms with van der Waals surface area (Å²) in [6.45, 7) is 0. The number of aromatic amines is 1. The minimum absolute atomic E-state index is 0.197. The largest absolute Gasteiger partial charge is 0.365 e. The average Bonchev–Trinajstić information content (AvgIpc) is 3.20. The molecule has 11 heteroatoms. The Bertz CT molecular complexity index is 1250. The van der Waals surface area contributed by atoms with Crippen molar-refractivity contribution >= 4 is 45.8 Å². The first-order chi connectivity index (χ1) is 15.5. The highest BCUT2D eigenvalue weighted by atomic mass is 35.5. The lowest BCUT2D eigenvalue weighted by Gasteiger charge is -2.08. The molecule has 4 aromatic rings. The van der Waals surface area contributed by atoms with E-state index in [1.165, 1.54) is 18.6 Å². The van der Waals surface area contributed by atoms with Crippen molar-refractivity contribution in [2.24, 2.45) is 5.73 Å². The molecule has 1 amide bonds. The predicted octanol–water partition coefficient (Wildman–Crippen LogP) is 3.64. The molecular formula is C21H18ClN7O2S. The van der Waals surface area contributed by atoms with E-state index in [2.05, 4.69) is 30.2 Å². The lowest BCUT2D eigenvalue weighted by atomic mass is 10.1. The summed E-state index contributed by atoms with van der Waals surface area (Å²) in [5, 5.41) is 10.6. The molecule has 5 N–H and O–H groups in total. The van der Waals surface area contributed by atoms with Crippen molar-refractivity contribution in [2.75, 3.05) is 10.0 Å². The van der Waals surface area contributed by atoms with Crippen molar-refractivity contribution in [2.45, 2.75) is 5.75 Å². The van der Waals surface area contributed by atoms with Gasteiger partial charge in [-0.25, -0.2) is 9.19 Å². The Kier molecular flexibility index (Phi) is 6.43. The number of anilines is 3. The molecule has 0 aliphatic rings. The number of amides is 1. The first kappa shape index (κ1) is 21.5. The Morgan fingerprint density at radius 2 is 1.84 bits per heavy atom. The Balaban J connectivity index is 1.49. The van der Waals surface area contributed by atoms with Crippen molar-refractivity contribution in [1.82, 2.24) is 20.2 Å². The van der Waals surface area contributed by atoms with Gasteiger partial charge >= 0.3 is 0 Å². The van der Waals surface area contributed by atoms with Crippen molar-refractivity contribution in [3.05, 3.63) is 83.3 Å². The number of H-pyrrole nitrogens is 1. The van der Waals surface area contributed by atoms with E-state index < -0.39 is 16.9 Å². The van der Waals surface area contributed by atoms with Crippen LogP contribution in [0.2, 0.25) is 5.02 Å². The number of aromatic nitrogens is 4. The third-order valence-electron chi connectivity index (χ3n) is 4.44. The van der Waals surface area contributed by atoms with Crippen LogP contribution in [0, 0.1) is 0 Å². The summed E-state index contributed by atoms with van der Waals surface area (Å²) < 4.78 is 15.4. The molecule has 0 radical (unpaired) electrons. The molecule has 0 bridgehead atoms. The molecule has 0 saturated carbocycles. The fraction of sp³-hybridized carbons (Fsp3) is 0.0476. The molecular weight excluding hydrogens is 450 g/mol. The summed E-state index contributed by atoms with van der Waals surface area (Å²) in [5.41, 5.74) is 8.51. The highest BCUT2D eigenvalue weighted by Gasteiger charge is 2.20. The maximum Gasteiger partial charge on any atom is 0.254 e. The maximum atomic E-state index is 12.4. The molecule has 1 atom stereocenters. The zero-order valence-corrected chi connectivity index (χ0v) is 18.2. The van der Waals surface area contributed by atoms with Gasteiger partial charge in [-0.1, -0.05) is 35.9 Å². The number of halogens is 1. The number of nitrogens with one attached hydrogen (secondary N) is 3. The van der Waals surface area contributed by atoms with Crippen LogP contribution in [0.15, 0.2) is 67.1 Å². The number of nitrogens with two attached hydrogens (primary N) is 1. The van der Waals surface area contributed by atoms with E-state index in [1.54, 1.807) is 36.4 Å². The van der Waals surface area contributed by atoms with E-state index in [9.17, 15) is 9.00 Å². The lowest BCUT2D eigenvalue weighted by Crippen LogP contribution is -2.13. The lowest BCUT2D eigenvalue weighted by molar-refractivity contribution is 0.100. The standard InChI is InChI=1S/C21H18ClN7O2S/c22-15-5-1-13(2-6-15)12-32(31)29-16-7-3-14(4-8-16)19-18(20(23)30)21(28-27-19)26-17-11-24-9-10-25-17/h1-11,29H,12H2,(H2,23,30)(H2,25,26,27,28). The zero-order valence-electron chi connectivity index (χ0n) is 16.6. The average molecular weight is 468 g/mol. The number of carbonyl (C=O) groups is 1. The molecule has 0 aliphatic heterocycles. The number of benzene rings is 2. The molecule has 9 nitrogen and oxygen atoms in total. The maximum absolute atomic E-state index is 12.4. The topological polar surface area (TPSA) is 139 Å². The summed E-state index contributed by atoms with van der Waals surface area (Å²) in [5.74, 6) is 0.365. The molecule has 32 heavy (non-hydrogen) atoms. The number of primary amides is 1. The van der Waals surface area contributed by atoms with E-state index in [-0.39, 0.29) is 11.4 Å². The van der Waals surface area contributed by atoms with Gasteiger partial charge in [0.05, 0.1) is 17.6 Å². The van der Waals surface area contributed by atoms with Crippen LogP contribution >= 0.6 is 11.6 Å². The summed E-state index contributed by atoms with van der Waals surface area (Å²) in [7, 11) is -1.32. The first-order valence-corrected chi connectivity index (χ1v) is 11.1. The minimum atomic E-state index is -1.32. The molecule has 1 unspecified atom stereocenters. The SMILES string of the molecule is NC(=O)c1c(Nc2cnccn2)n[nH]c1-c1ccc(NS(=O)Cc2ccc(Cl)cc2)cc1. The Hall–Kier alpha value is -3.76. The number of hydrogen-bond donors (Lipinski definition) is 4. The second-order valence-electron chi connectivity index (χ2n) is 6.70. The molecule has 0 saturated heterocycles. The number of rotatable bonds is 8. The summed E-state index contributed by atoms with van der Waals surface area (Å²) in [6.07, 6.45) is 4.56. The van der Waals surface area contributed by atoms with Crippen LogP contribution in [0.25, 0.3) is 11.3 Å². The second-order valence-corrected chi connectivity index (χ2v) is 8.32. The monoisotopic (exact) mass is 467 g/mol. The molecule has 2 aromatic carbocycles. The van der Waals surface area contributed by atoms with Crippen molar-refractivity contribution in [3.63, 3.8) is 0 Å². The van der Waals surface area contributed by atoms with E-state index in [4.69, 9.17) is 17.3 Å². The Labute approximate surface area is 191 Å². The fourth-order valence-corrected chi connectivity index (χ4v) is 4.06. The summed E-state index contributed by atoms with van der Waals surface area (Å²) in [6, 6.07) is 14.3. The van der Waals surface area contributed by atoms with Gasteiger partial charge in [-0.15, -0.1) is 0 Å². The second kappa shape index (κ2) is 9.58. The number of hydrogen-bond acceptors (Lipinski definition) is 6. The predicted molar refractivity (Wildman–Crippen MR) is 125 cm³/mol. The van der Waals surface area contributed by atoms with Crippen LogP contribution in [0.5, 0.6) is 0 Å². The number of carbonyl (C=O) groups excluding carboxylic acids is 1. The van der Waals surface area contributed by atoms with Gasteiger partial charge in [-0.3, -0.25) is 14.9 Å². The molecule has 2 heterocycles. The van der Waals surface area contributed by atoms with Gasteiger partial charge in [0.25, 0.3) is 5.91 Å². The fourth-order valence-electron chi connectivity index (χ4n) is 2.97. The molecule has 162 valence electrons. The first-order valence-electron chi connectivity index (χ1n) is 9.40. The minimum Gasteiger partial charge on any atom is -0.365 e. The molecule has 4 rings (SSSR count). The van der Waals surface area contributed by atoms with E-state index in [1.807, 2.05) is 12.1 Å².